The first kappa shape index (κ1) is 13.9. The molecule has 1 aromatic rings. The molecule has 2 rings (SSSR count). The van der Waals surface area contributed by atoms with Gasteiger partial charge < -0.3 is 15.0 Å². The highest BCUT2D eigenvalue weighted by molar-refractivity contribution is 5.49. The molecule has 1 N–H and O–H groups in total. The van der Waals surface area contributed by atoms with Gasteiger partial charge in [-0.05, 0) is 24.3 Å². The zero-order valence-electron chi connectivity index (χ0n) is 10.1. The third-order valence-corrected chi connectivity index (χ3v) is 2.83. The van der Waals surface area contributed by atoms with Gasteiger partial charge in [-0.3, -0.25) is 0 Å². The van der Waals surface area contributed by atoms with Gasteiger partial charge in [-0.1, -0.05) is 0 Å². The first-order valence-electron chi connectivity index (χ1n) is 5.90. The van der Waals surface area contributed by atoms with Gasteiger partial charge in [0.1, 0.15) is 5.75 Å². The molecular weight excluding hydrogens is 264 g/mol. The molecule has 19 heavy (non-hydrogen) atoms. The van der Waals surface area contributed by atoms with Crippen LogP contribution in [0.15, 0.2) is 24.3 Å². The van der Waals surface area contributed by atoms with E-state index < -0.39 is 12.5 Å². The lowest BCUT2D eigenvalue weighted by atomic mass is 10.2. The van der Waals surface area contributed by atoms with Crippen LogP contribution in [0, 0.1) is 0 Å². The minimum Gasteiger partial charge on any atom is -0.428 e. The van der Waals surface area contributed by atoms with Crippen molar-refractivity contribution >= 4 is 5.69 Å². The van der Waals surface area contributed by atoms with E-state index in [2.05, 4.69) is 15.0 Å². The Morgan fingerprint density at radius 3 is 2.21 bits per heavy atom. The summed E-state index contributed by atoms with van der Waals surface area (Å²) >= 11 is 0. The SMILES string of the molecule is FC(F)C(F)(F)Oc1ccc(N2CCNCC2)cc1. The Balaban J connectivity index is 2.02. The van der Waals surface area contributed by atoms with Gasteiger partial charge in [0.15, 0.2) is 0 Å². The Bertz CT molecular complexity index is 405. The van der Waals surface area contributed by atoms with Crippen LogP contribution in [0.4, 0.5) is 23.2 Å². The van der Waals surface area contributed by atoms with Gasteiger partial charge in [-0.15, -0.1) is 0 Å². The number of ether oxygens (including phenoxy) is 1. The number of piperazine rings is 1. The number of anilines is 1. The van der Waals surface area contributed by atoms with E-state index in [0.29, 0.717) is 0 Å². The molecule has 0 atom stereocenters. The summed E-state index contributed by atoms with van der Waals surface area (Å²) in [4.78, 5) is 2.07. The minimum atomic E-state index is -4.46. The number of nitrogens with zero attached hydrogens (tertiary/aromatic N) is 1. The van der Waals surface area contributed by atoms with Crippen molar-refractivity contribution < 1.29 is 22.3 Å². The van der Waals surface area contributed by atoms with Gasteiger partial charge in [-0.25, -0.2) is 0 Å². The predicted octanol–water partition coefficient (Wildman–Crippen LogP) is 2.33. The molecule has 0 bridgehead atoms. The van der Waals surface area contributed by atoms with E-state index in [1.54, 1.807) is 12.1 Å². The maximum atomic E-state index is 12.7. The molecule has 0 aromatic heterocycles. The van der Waals surface area contributed by atoms with Gasteiger partial charge in [0.05, 0.1) is 0 Å². The molecule has 1 saturated heterocycles. The van der Waals surface area contributed by atoms with E-state index in [4.69, 9.17) is 0 Å². The fourth-order valence-electron chi connectivity index (χ4n) is 1.85. The Morgan fingerprint density at radius 2 is 1.68 bits per heavy atom. The molecule has 106 valence electrons. The third-order valence-electron chi connectivity index (χ3n) is 2.83. The van der Waals surface area contributed by atoms with E-state index in [9.17, 15) is 17.6 Å². The van der Waals surface area contributed by atoms with Gasteiger partial charge in [0, 0.05) is 31.9 Å². The fraction of sp³-hybridized carbons (Fsp3) is 0.500. The summed E-state index contributed by atoms with van der Waals surface area (Å²) in [6.07, 6.45) is -8.31. The Labute approximate surface area is 108 Å². The highest BCUT2D eigenvalue weighted by atomic mass is 19.3. The van der Waals surface area contributed by atoms with E-state index in [1.807, 2.05) is 0 Å². The summed E-state index contributed by atoms with van der Waals surface area (Å²) in [5, 5.41) is 3.19. The minimum absolute atomic E-state index is 0.274. The van der Waals surface area contributed by atoms with Crippen LogP contribution in [0.2, 0.25) is 0 Å². The van der Waals surface area contributed by atoms with Crippen LogP contribution < -0.4 is 15.0 Å². The molecule has 0 radical (unpaired) electrons. The van der Waals surface area contributed by atoms with Crippen LogP contribution in [0.3, 0.4) is 0 Å². The number of nitrogens with one attached hydrogen (secondary N) is 1. The molecule has 1 aromatic carbocycles. The van der Waals surface area contributed by atoms with E-state index >= 15 is 0 Å². The number of alkyl halides is 4. The van der Waals surface area contributed by atoms with Gasteiger partial charge in [-0.2, -0.15) is 17.6 Å². The van der Waals surface area contributed by atoms with Crippen molar-refractivity contribution in [1.82, 2.24) is 5.32 Å². The second kappa shape index (κ2) is 5.64. The molecule has 0 aliphatic carbocycles. The van der Waals surface area contributed by atoms with E-state index in [0.717, 1.165) is 31.9 Å². The number of hydrogen-bond donors (Lipinski definition) is 1. The van der Waals surface area contributed by atoms with Crippen molar-refractivity contribution in [3.8, 4) is 5.75 Å². The lowest BCUT2D eigenvalue weighted by Gasteiger charge is -2.29. The van der Waals surface area contributed by atoms with Crippen LogP contribution in [-0.2, 0) is 0 Å². The van der Waals surface area contributed by atoms with Crippen LogP contribution in [0.1, 0.15) is 0 Å². The Hall–Kier alpha value is -1.50. The van der Waals surface area contributed by atoms with E-state index in [-0.39, 0.29) is 5.75 Å². The van der Waals surface area contributed by atoms with Gasteiger partial charge in [0.2, 0.25) is 0 Å². The van der Waals surface area contributed by atoms with Crippen molar-refractivity contribution in [2.24, 2.45) is 0 Å². The summed E-state index contributed by atoms with van der Waals surface area (Å²) in [7, 11) is 0. The smallest absolute Gasteiger partial charge is 0.428 e. The Kier molecular flexibility index (Phi) is 4.14. The molecule has 1 aliphatic heterocycles. The van der Waals surface area contributed by atoms with Crippen LogP contribution in [0.25, 0.3) is 0 Å². The standard InChI is InChI=1S/C12H14F4N2O/c13-11(14)12(15,16)19-10-3-1-9(2-4-10)18-7-5-17-6-8-18/h1-4,11,17H,5-8H2. The predicted molar refractivity (Wildman–Crippen MR) is 63.1 cm³/mol. The fourth-order valence-corrected chi connectivity index (χ4v) is 1.85. The first-order chi connectivity index (χ1) is 8.99. The van der Waals surface area contributed by atoms with Crippen molar-refractivity contribution in [3.63, 3.8) is 0 Å². The van der Waals surface area contributed by atoms with Crippen molar-refractivity contribution in [3.05, 3.63) is 24.3 Å². The lowest BCUT2D eigenvalue weighted by molar-refractivity contribution is -0.253. The summed E-state index contributed by atoms with van der Waals surface area (Å²) in [6.45, 7) is 3.32. The highest BCUT2D eigenvalue weighted by Gasteiger charge is 2.43. The average Bonchev–Trinajstić information content (AvgIpc) is 2.40. The summed E-state index contributed by atoms with van der Waals surface area (Å²) in [5.74, 6) is -0.274. The second-order valence-electron chi connectivity index (χ2n) is 4.20. The quantitative estimate of drug-likeness (QED) is 0.856. The van der Waals surface area contributed by atoms with E-state index in [1.165, 1.54) is 12.1 Å². The monoisotopic (exact) mass is 278 g/mol. The molecule has 0 unspecified atom stereocenters. The average molecular weight is 278 g/mol. The maximum Gasteiger partial charge on any atom is 0.461 e. The Morgan fingerprint density at radius 1 is 1.11 bits per heavy atom. The highest BCUT2D eigenvalue weighted by Crippen LogP contribution is 2.28. The lowest BCUT2D eigenvalue weighted by Crippen LogP contribution is -2.43. The molecule has 0 spiro atoms. The molecule has 0 saturated carbocycles. The number of halogens is 4. The van der Waals surface area contributed by atoms with Crippen molar-refractivity contribution in [2.45, 2.75) is 12.5 Å². The van der Waals surface area contributed by atoms with Gasteiger partial charge >= 0.3 is 12.5 Å². The van der Waals surface area contributed by atoms with Crippen LogP contribution in [0.5, 0.6) is 5.75 Å². The molecular formula is C12H14F4N2O. The number of hydrogen-bond acceptors (Lipinski definition) is 3. The zero-order valence-corrected chi connectivity index (χ0v) is 10.1. The molecule has 1 aliphatic rings. The zero-order chi connectivity index (χ0) is 13.9. The van der Waals surface area contributed by atoms with Gasteiger partial charge in [0.25, 0.3) is 0 Å². The molecule has 1 fully saturated rings. The maximum absolute atomic E-state index is 12.7. The summed E-state index contributed by atoms with van der Waals surface area (Å²) in [6, 6.07) is 5.71. The summed E-state index contributed by atoms with van der Waals surface area (Å²) in [5.41, 5.74) is 0.856. The third kappa shape index (κ3) is 3.50. The second-order valence-corrected chi connectivity index (χ2v) is 4.20. The van der Waals surface area contributed by atoms with Crippen LogP contribution in [-0.4, -0.2) is 38.7 Å². The van der Waals surface area contributed by atoms with Crippen molar-refractivity contribution in [1.29, 1.82) is 0 Å². The molecule has 1 heterocycles. The first-order valence-corrected chi connectivity index (χ1v) is 5.90. The molecule has 3 nitrogen and oxygen atoms in total. The topological polar surface area (TPSA) is 24.5 Å². The number of rotatable bonds is 4. The summed E-state index contributed by atoms with van der Waals surface area (Å²) < 4.78 is 53.3. The van der Waals surface area contributed by atoms with Crippen molar-refractivity contribution in [2.75, 3.05) is 31.1 Å². The largest absolute Gasteiger partial charge is 0.461 e. The molecule has 7 heteroatoms. The van der Waals surface area contributed by atoms with Crippen LogP contribution >= 0.6 is 0 Å². The normalized spacial score (nSPS) is 16.8. The molecule has 0 amide bonds. The number of benzene rings is 1.